The summed E-state index contributed by atoms with van der Waals surface area (Å²) >= 11 is 7.02. The zero-order valence-electron chi connectivity index (χ0n) is 17.7. The van der Waals surface area contributed by atoms with E-state index in [0.717, 1.165) is 12.8 Å². The molecule has 0 aromatic carbocycles. The third-order valence-electron chi connectivity index (χ3n) is 4.75. The van der Waals surface area contributed by atoms with Crippen LogP contribution in [0.2, 0.25) is 0 Å². The van der Waals surface area contributed by atoms with Gasteiger partial charge in [0.1, 0.15) is 0 Å². The average molecular weight is 503 g/mol. The van der Waals surface area contributed by atoms with Gasteiger partial charge in [-0.25, -0.2) is 0 Å². The second-order valence-electron chi connectivity index (χ2n) is 7.06. The van der Waals surface area contributed by atoms with E-state index in [1.165, 1.54) is 54.2 Å². The number of hydrogen-bond acceptors (Lipinski definition) is 8. The van der Waals surface area contributed by atoms with Crippen LogP contribution in [0.3, 0.4) is 0 Å². The molecule has 4 nitrogen and oxygen atoms in total. The molecule has 0 radical (unpaired) electrons. The minimum Gasteiger partial charge on any atom is -0.466 e. The third kappa shape index (κ3) is 5.56. The fraction of sp³-hybridized carbons (Fsp3) is 0.250. The van der Waals surface area contributed by atoms with Crippen LogP contribution >= 0.6 is 45.3 Å². The maximum Gasteiger partial charge on any atom is 0.302 e. The van der Waals surface area contributed by atoms with E-state index in [9.17, 15) is 9.59 Å². The maximum atomic E-state index is 11.0. The summed E-state index contributed by atoms with van der Waals surface area (Å²) in [5.41, 5.74) is 2.43. The third-order valence-corrected chi connectivity index (χ3v) is 9.39. The highest BCUT2D eigenvalue weighted by Gasteiger charge is 2.14. The first-order chi connectivity index (χ1) is 15.5. The summed E-state index contributed by atoms with van der Waals surface area (Å²) in [5.74, 6) is -0.483. The number of carbonyl (C=O) groups is 2. The Morgan fingerprint density at radius 1 is 0.656 bits per heavy atom. The Bertz CT molecular complexity index is 1120. The molecular weight excluding hydrogens is 481 g/mol. The van der Waals surface area contributed by atoms with Crippen molar-refractivity contribution in [2.45, 2.75) is 26.7 Å². The topological polar surface area (TPSA) is 52.6 Å². The van der Waals surface area contributed by atoms with Crippen molar-refractivity contribution in [3.8, 4) is 29.3 Å². The molecule has 0 N–H and O–H groups in total. The molecule has 0 bridgehead atoms. The van der Waals surface area contributed by atoms with Crippen LogP contribution in [0.4, 0.5) is 0 Å². The van der Waals surface area contributed by atoms with Crippen molar-refractivity contribution in [2.75, 3.05) is 13.2 Å². The molecule has 4 aromatic heterocycles. The van der Waals surface area contributed by atoms with Gasteiger partial charge in [0.05, 0.1) is 13.2 Å². The molecule has 4 rings (SSSR count). The van der Waals surface area contributed by atoms with Crippen LogP contribution in [0, 0.1) is 0 Å². The number of esters is 2. The van der Waals surface area contributed by atoms with Gasteiger partial charge in [0.15, 0.2) is 0 Å². The Hall–Kier alpha value is -2.26. The summed E-state index contributed by atoms with van der Waals surface area (Å²) < 4.78 is 10.2. The fourth-order valence-corrected chi connectivity index (χ4v) is 7.63. The molecule has 8 heteroatoms. The summed E-state index contributed by atoms with van der Waals surface area (Å²) in [4.78, 5) is 29.5. The van der Waals surface area contributed by atoms with E-state index in [0.29, 0.717) is 13.2 Å². The van der Waals surface area contributed by atoms with Crippen LogP contribution in [0.25, 0.3) is 29.3 Å². The second-order valence-corrected chi connectivity index (χ2v) is 11.1. The van der Waals surface area contributed by atoms with Crippen molar-refractivity contribution in [1.29, 1.82) is 0 Å². The number of thiophene rings is 4. The van der Waals surface area contributed by atoms with Crippen molar-refractivity contribution >= 4 is 57.3 Å². The first-order valence-corrected chi connectivity index (χ1v) is 13.5. The highest BCUT2D eigenvalue weighted by Crippen LogP contribution is 2.43. The van der Waals surface area contributed by atoms with E-state index in [2.05, 4.69) is 47.2 Å². The van der Waals surface area contributed by atoms with Crippen LogP contribution in [0.5, 0.6) is 0 Å². The molecule has 0 unspecified atom stereocenters. The van der Waals surface area contributed by atoms with Gasteiger partial charge in [-0.05, 0) is 58.3 Å². The molecular formula is C24H22O4S4. The number of rotatable bonds is 9. The van der Waals surface area contributed by atoms with E-state index in [1.54, 1.807) is 45.3 Å². The van der Waals surface area contributed by atoms with Gasteiger partial charge in [-0.2, -0.15) is 0 Å². The zero-order chi connectivity index (χ0) is 22.5. The summed E-state index contributed by atoms with van der Waals surface area (Å²) in [6.45, 7) is 3.70. The van der Waals surface area contributed by atoms with Gasteiger partial charge in [-0.15, -0.1) is 45.3 Å². The molecule has 0 aliphatic heterocycles. The number of carbonyl (C=O) groups excluding carboxylic acids is 2. The normalized spacial score (nSPS) is 10.9. The predicted molar refractivity (Wildman–Crippen MR) is 135 cm³/mol. The SMILES string of the molecule is CC(=O)OCCc1ccsc1-c1ccc(-c2ccc(-c3sccc3CCOC(C)=O)s2)s1. The lowest BCUT2D eigenvalue weighted by Gasteiger charge is -2.03. The number of hydrogen-bond donors (Lipinski definition) is 0. The Balaban J connectivity index is 1.48. The molecule has 0 saturated carbocycles. The van der Waals surface area contributed by atoms with Crippen molar-refractivity contribution in [3.63, 3.8) is 0 Å². The molecule has 0 amide bonds. The smallest absolute Gasteiger partial charge is 0.302 e. The Kier molecular flexibility index (Phi) is 7.57. The van der Waals surface area contributed by atoms with Crippen LogP contribution < -0.4 is 0 Å². The summed E-state index contributed by atoms with van der Waals surface area (Å²) in [6.07, 6.45) is 1.45. The Labute approximate surface area is 203 Å². The van der Waals surface area contributed by atoms with Gasteiger partial charge >= 0.3 is 11.9 Å². The Morgan fingerprint density at radius 2 is 1.06 bits per heavy atom. The van der Waals surface area contributed by atoms with Crippen LogP contribution in [0.1, 0.15) is 25.0 Å². The standard InChI is InChI=1S/C24H22O4S4/c1-15(25)27-11-7-17-9-13-29-23(17)21-5-3-19(31-21)20-4-6-22(32-20)24-18(10-14-30-24)8-12-28-16(2)26/h3-6,9-10,13-14H,7-8,11-12H2,1-2H3. The van der Waals surface area contributed by atoms with E-state index >= 15 is 0 Å². The monoisotopic (exact) mass is 502 g/mol. The minimum atomic E-state index is -0.242. The van der Waals surface area contributed by atoms with Gasteiger partial charge in [-0.1, -0.05) is 0 Å². The van der Waals surface area contributed by atoms with Crippen LogP contribution in [0.15, 0.2) is 47.2 Å². The summed E-state index contributed by atoms with van der Waals surface area (Å²) in [7, 11) is 0. The molecule has 0 fully saturated rings. The van der Waals surface area contributed by atoms with Crippen LogP contribution in [-0.4, -0.2) is 25.2 Å². The van der Waals surface area contributed by atoms with Gasteiger partial charge in [0.2, 0.25) is 0 Å². The lowest BCUT2D eigenvalue weighted by atomic mass is 10.2. The number of ether oxygens (including phenoxy) is 2. The second kappa shape index (κ2) is 10.6. The van der Waals surface area contributed by atoms with Gasteiger partial charge in [0, 0.05) is 56.0 Å². The summed E-state index contributed by atoms with van der Waals surface area (Å²) in [6, 6.07) is 12.9. The van der Waals surface area contributed by atoms with Gasteiger partial charge in [-0.3, -0.25) is 9.59 Å². The molecule has 0 saturated heterocycles. The minimum absolute atomic E-state index is 0.242. The molecule has 0 aliphatic carbocycles. The van der Waals surface area contributed by atoms with E-state index < -0.39 is 0 Å². The molecule has 0 aliphatic rings. The first-order valence-electron chi connectivity index (χ1n) is 10.1. The molecule has 4 aromatic rings. The Morgan fingerprint density at radius 3 is 1.47 bits per heavy atom. The lowest BCUT2D eigenvalue weighted by Crippen LogP contribution is -2.03. The lowest BCUT2D eigenvalue weighted by molar-refractivity contribution is -0.141. The van der Waals surface area contributed by atoms with Gasteiger partial charge < -0.3 is 9.47 Å². The van der Waals surface area contributed by atoms with E-state index in [1.807, 2.05) is 0 Å². The highest BCUT2D eigenvalue weighted by molar-refractivity contribution is 7.28. The first kappa shape index (κ1) is 22.9. The van der Waals surface area contributed by atoms with Crippen molar-refractivity contribution in [2.24, 2.45) is 0 Å². The van der Waals surface area contributed by atoms with E-state index in [4.69, 9.17) is 9.47 Å². The molecule has 166 valence electrons. The van der Waals surface area contributed by atoms with Crippen LogP contribution in [-0.2, 0) is 31.9 Å². The maximum absolute atomic E-state index is 11.0. The zero-order valence-corrected chi connectivity index (χ0v) is 21.0. The molecule has 4 heterocycles. The summed E-state index contributed by atoms with van der Waals surface area (Å²) in [5, 5.41) is 4.18. The van der Waals surface area contributed by atoms with E-state index in [-0.39, 0.29) is 11.9 Å². The average Bonchev–Trinajstić information content (AvgIpc) is 3.52. The van der Waals surface area contributed by atoms with Gasteiger partial charge in [0.25, 0.3) is 0 Å². The highest BCUT2D eigenvalue weighted by atomic mass is 32.1. The van der Waals surface area contributed by atoms with Crippen molar-refractivity contribution < 1.29 is 19.1 Å². The molecule has 0 atom stereocenters. The molecule has 32 heavy (non-hydrogen) atoms. The molecule has 0 spiro atoms. The van der Waals surface area contributed by atoms with Crippen molar-refractivity contribution in [3.05, 3.63) is 58.3 Å². The largest absolute Gasteiger partial charge is 0.466 e. The van der Waals surface area contributed by atoms with Crippen molar-refractivity contribution in [1.82, 2.24) is 0 Å². The fourth-order valence-electron chi connectivity index (χ4n) is 3.29. The predicted octanol–water partition coefficient (Wildman–Crippen LogP) is 7.14. The quantitative estimate of drug-likeness (QED) is 0.228.